The molecule has 1 N–H and O–H groups in total. The van der Waals surface area contributed by atoms with E-state index in [2.05, 4.69) is 10.2 Å². The van der Waals surface area contributed by atoms with Crippen LogP contribution >= 0.6 is 0 Å². The van der Waals surface area contributed by atoms with Crippen molar-refractivity contribution in [3.05, 3.63) is 29.8 Å². The highest BCUT2D eigenvalue weighted by Crippen LogP contribution is 2.51. The highest BCUT2D eigenvalue weighted by atomic mass is 16.2. The predicted molar refractivity (Wildman–Crippen MR) is 116 cm³/mol. The largest absolute Gasteiger partial charge is 0.337 e. The number of anilines is 1. The summed E-state index contributed by atoms with van der Waals surface area (Å²) in [6, 6.07) is 7.49. The van der Waals surface area contributed by atoms with E-state index in [0.717, 1.165) is 75.7 Å². The average molecular weight is 412 g/mol. The van der Waals surface area contributed by atoms with Crippen LogP contribution in [0.15, 0.2) is 24.3 Å². The van der Waals surface area contributed by atoms with E-state index in [0.29, 0.717) is 12.5 Å². The summed E-state index contributed by atoms with van der Waals surface area (Å²) in [6.07, 6.45) is 6.75. The normalized spacial score (nSPS) is 21.8. The number of hydrogen-bond donors (Lipinski definition) is 1. The number of carbonyl (C=O) groups excluding carboxylic acids is 3. The molecule has 6 heteroatoms. The van der Waals surface area contributed by atoms with Crippen molar-refractivity contribution in [3.8, 4) is 0 Å². The number of hydrogen-bond acceptors (Lipinski definition) is 4. The van der Waals surface area contributed by atoms with Gasteiger partial charge in [-0.15, -0.1) is 0 Å². The second-order valence-corrected chi connectivity index (χ2v) is 9.96. The molecule has 162 valence electrons. The SMILES string of the molecule is CC(C)(C=O)CN1CCC(CNC(=O)N2C(=O)C3(CCCC3)c3ccccc32)CC1. The van der Waals surface area contributed by atoms with Crippen LogP contribution in [-0.2, 0) is 15.0 Å². The van der Waals surface area contributed by atoms with Crippen LogP contribution < -0.4 is 10.2 Å². The highest BCUT2D eigenvalue weighted by Gasteiger charge is 2.53. The second-order valence-electron chi connectivity index (χ2n) is 9.96. The molecule has 2 fully saturated rings. The van der Waals surface area contributed by atoms with Gasteiger partial charge in [0.15, 0.2) is 0 Å². The Morgan fingerprint density at radius 1 is 1.20 bits per heavy atom. The van der Waals surface area contributed by atoms with E-state index in [1.807, 2.05) is 38.1 Å². The number of rotatable bonds is 5. The first kappa shape index (κ1) is 21.0. The molecule has 1 saturated heterocycles. The van der Waals surface area contributed by atoms with Crippen LogP contribution in [0.3, 0.4) is 0 Å². The standard InChI is InChI=1S/C24H33N3O3/c1-23(2,17-28)16-26-13-9-18(10-14-26)15-25-22(30)27-20-8-4-3-7-19(20)24(21(27)29)11-5-6-12-24/h3-4,7-8,17-18H,5-6,9-16H2,1-2H3,(H,25,30). The number of aldehydes is 1. The van der Waals surface area contributed by atoms with E-state index < -0.39 is 5.41 Å². The van der Waals surface area contributed by atoms with E-state index in [4.69, 9.17) is 0 Å². The third-order valence-electron chi connectivity index (χ3n) is 7.13. The maximum Gasteiger partial charge on any atom is 0.328 e. The molecular weight excluding hydrogens is 378 g/mol. The molecule has 1 aliphatic carbocycles. The molecule has 3 aliphatic rings. The molecule has 2 heterocycles. The van der Waals surface area contributed by atoms with Gasteiger partial charge in [0.25, 0.3) is 0 Å². The number of benzene rings is 1. The molecule has 30 heavy (non-hydrogen) atoms. The lowest BCUT2D eigenvalue weighted by molar-refractivity contribution is -0.122. The topological polar surface area (TPSA) is 69.7 Å². The van der Waals surface area contributed by atoms with Gasteiger partial charge in [0.1, 0.15) is 6.29 Å². The lowest BCUT2D eigenvalue weighted by Gasteiger charge is -2.35. The first-order chi connectivity index (χ1) is 14.4. The summed E-state index contributed by atoms with van der Waals surface area (Å²) in [5.74, 6) is 0.350. The minimum Gasteiger partial charge on any atom is -0.337 e. The van der Waals surface area contributed by atoms with E-state index in [1.165, 1.54) is 4.90 Å². The molecule has 1 aromatic carbocycles. The Morgan fingerprint density at radius 3 is 2.53 bits per heavy atom. The number of likely N-dealkylation sites (tertiary alicyclic amines) is 1. The molecule has 0 bridgehead atoms. The van der Waals surface area contributed by atoms with Crippen molar-refractivity contribution < 1.29 is 14.4 Å². The van der Waals surface area contributed by atoms with Crippen LogP contribution in [0.2, 0.25) is 0 Å². The van der Waals surface area contributed by atoms with E-state index in [9.17, 15) is 14.4 Å². The third kappa shape index (κ3) is 3.78. The van der Waals surface area contributed by atoms with Crippen LogP contribution in [0.4, 0.5) is 10.5 Å². The number of fused-ring (bicyclic) bond motifs is 2. The Morgan fingerprint density at radius 2 is 1.87 bits per heavy atom. The van der Waals surface area contributed by atoms with Gasteiger partial charge in [-0.2, -0.15) is 0 Å². The summed E-state index contributed by atoms with van der Waals surface area (Å²) in [4.78, 5) is 41.2. The van der Waals surface area contributed by atoms with Gasteiger partial charge in [-0.05, 0) is 56.3 Å². The van der Waals surface area contributed by atoms with E-state index in [1.54, 1.807) is 0 Å². The fourth-order valence-electron chi connectivity index (χ4n) is 5.45. The molecule has 0 unspecified atom stereocenters. The van der Waals surface area contributed by atoms with E-state index in [-0.39, 0.29) is 17.4 Å². The Kier molecular flexibility index (Phi) is 5.71. The molecule has 0 radical (unpaired) electrons. The van der Waals surface area contributed by atoms with Crippen LogP contribution in [0, 0.1) is 11.3 Å². The number of piperidine rings is 1. The summed E-state index contributed by atoms with van der Waals surface area (Å²) in [6.45, 7) is 7.17. The summed E-state index contributed by atoms with van der Waals surface area (Å²) >= 11 is 0. The molecule has 3 amide bonds. The minimum atomic E-state index is -0.495. The van der Waals surface area contributed by atoms with Gasteiger partial charge in [-0.1, -0.05) is 44.9 Å². The Hall–Kier alpha value is -2.21. The minimum absolute atomic E-state index is 0.0513. The van der Waals surface area contributed by atoms with Crippen molar-refractivity contribution >= 4 is 23.9 Å². The van der Waals surface area contributed by atoms with Gasteiger partial charge in [0, 0.05) is 18.5 Å². The highest BCUT2D eigenvalue weighted by molar-refractivity contribution is 6.22. The number of nitrogens with zero attached hydrogens (tertiary/aromatic N) is 2. The maximum absolute atomic E-state index is 13.3. The molecular formula is C24H33N3O3. The van der Waals surface area contributed by atoms with Crippen molar-refractivity contribution in [3.63, 3.8) is 0 Å². The zero-order valence-electron chi connectivity index (χ0n) is 18.2. The van der Waals surface area contributed by atoms with Gasteiger partial charge in [-0.25, -0.2) is 9.69 Å². The van der Waals surface area contributed by atoms with E-state index >= 15 is 0 Å². The summed E-state index contributed by atoms with van der Waals surface area (Å²) in [5.41, 5.74) is 0.965. The van der Waals surface area contributed by atoms with Crippen LogP contribution in [-0.4, -0.2) is 49.3 Å². The van der Waals surface area contributed by atoms with Crippen molar-refractivity contribution in [2.75, 3.05) is 31.1 Å². The number of carbonyl (C=O) groups is 3. The Balaban J connectivity index is 1.35. The summed E-state index contributed by atoms with van der Waals surface area (Å²) < 4.78 is 0. The third-order valence-corrected chi connectivity index (χ3v) is 7.13. The zero-order chi connectivity index (χ0) is 21.4. The smallest absolute Gasteiger partial charge is 0.328 e. The predicted octanol–water partition coefficient (Wildman–Crippen LogP) is 3.49. The number of amides is 3. The van der Waals surface area contributed by atoms with Crippen LogP contribution in [0.1, 0.15) is 57.9 Å². The fourth-order valence-corrected chi connectivity index (χ4v) is 5.45. The van der Waals surface area contributed by atoms with Crippen molar-refractivity contribution in [2.45, 2.75) is 57.8 Å². The quantitative estimate of drug-likeness (QED) is 0.753. The lowest BCUT2D eigenvalue weighted by Crippen LogP contribution is -2.48. The van der Waals surface area contributed by atoms with Crippen molar-refractivity contribution in [1.29, 1.82) is 0 Å². The number of para-hydroxylation sites is 1. The molecule has 6 nitrogen and oxygen atoms in total. The average Bonchev–Trinajstić information content (AvgIpc) is 3.33. The zero-order valence-corrected chi connectivity index (χ0v) is 18.2. The number of urea groups is 1. The molecule has 1 aromatic rings. The molecule has 0 aromatic heterocycles. The molecule has 1 saturated carbocycles. The molecule has 4 rings (SSSR count). The Labute approximate surface area is 179 Å². The molecule has 2 aliphatic heterocycles. The van der Waals surface area contributed by atoms with Crippen molar-refractivity contribution in [1.82, 2.24) is 10.2 Å². The Bertz CT molecular complexity index is 821. The maximum atomic E-state index is 13.3. The van der Waals surface area contributed by atoms with Gasteiger partial charge in [0.05, 0.1) is 11.1 Å². The van der Waals surface area contributed by atoms with Crippen LogP contribution in [0.5, 0.6) is 0 Å². The van der Waals surface area contributed by atoms with Gasteiger partial charge >= 0.3 is 6.03 Å². The van der Waals surface area contributed by atoms with Gasteiger partial charge < -0.3 is 15.0 Å². The first-order valence-electron chi connectivity index (χ1n) is 11.3. The molecule has 1 spiro atoms. The van der Waals surface area contributed by atoms with Crippen molar-refractivity contribution in [2.24, 2.45) is 11.3 Å². The first-order valence-corrected chi connectivity index (χ1v) is 11.3. The molecule has 0 atom stereocenters. The summed E-state index contributed by atoms with van der Waals surface area (Å²) in [5, 5.41) is 3.04. The number of nitrogens with one attached hydrogen (secondary N) is 1. The number of imide groups is 1. The van der Waals surface area contributed by atoms with Gasteiger partial charge in [0.2, 0.25) is 5.91 Å². The monoisotopic (exact) mass is 411 g/mol. The lowest BCUT2D eigenvalue weighted by atomic mass is 9.80. The summed E-state index contributed by atoms with van der Waals surface area (Å²) in [7, 11) is 0. The van der Waals surface area contributed by atoms with Crippen LogP contribution in [0.25, 0.3) is 0 Å². The second kappa shape index (κ2) is 8.14. The van der Waals surface area contributed by atoms with Gasteiger partial charge in [-0.3, -0.25) is 4.79 Å². The fraction of sp³-hybridized carbons (Fsp3) is 0.625.